The van der Waals surface area contributed by atoms with Crippen LogP contribution in [0.4, 0.5) is 0 Å². The van der Waals surface area contributed by atoms with E-state index < -0.39 is 7.82 Å². The number of methoxy groups -OCH3 is 1. The number of benzene rings is 4. The highest BCUT2D eigenvalue weighted by Crippen LogP contribution is 2.49. The van der Waals surface area contributed by atoms with Crippen molar-refractivity contribution in [3.63, 3.8) is 0 Å². The maximum atomic E-state index is 13.1. The number of hydrogen-bond donors (Lipinski definition) is 0. The second-order valence-electron chi connectivity index (χ2n) is 6.93. The average Bonchev–Trinajstić information content (AvgIpc) is 2.87. The molecule has 4 rings (SSSR count). The molecule has 4 aromatic rings. The van der Waals surface area contributed by atoms with E-state index in [9.17, 15) is 4.57 Å². The van der Waals surface area contributed by atoms with E-state index in [2.05, 4.69) is 6.08 Å². The fraction of sp³-hybridized carbons (Fsp3) is 0.0714. The first-order chi connectivity index (χ1) is 16.6. The first-order valence-electron chi connectivity index (χ1n) is 10.7. The van der Waals surface area contributed by atoms with E-state index in [-0.39, 0.29) is 0 Å². The molecular formula is C28H27O5P. The van der Waals surface area contributed by atoms with Gasteiger partial charge >= 0.3 is 7.82 Å². The van der Waals surface area contributed by atoms with Crippen molar-refractivity contribution in [2.75, 3.05) is 7.11 Å². The topological polar surface area (TPSA) is 54.0 Å². The number of phosphoric acid groups is 1. The highest BCUT2D eigenvalue weighted by molar-refractivity contribution is 7.49. The zero-order valence-electron chi connectivity index (χ0n) is 19.1. The molecule has 5 nitrogen and oxygen atoms in total. The first kappa shape index (κ1) is 24.7. The summed E-state index contributed by atoms with van der Waals surface area (Å²) in [6.45, 7) is 2.00. The molecule has 174 valence electrons. The van der Waals surface area contributed by atoms with E-state index in [0.29, 0.717) is 17.2 Å². The molecule has 0 aliphatic carbocycles. The molecule has 0 bridgehead atoms. The molecule has 0 aromatic heterocycles. The van der Waals surface area contributed by atoms with Gasteiger partial charge in [-0.2, -0.15) is 4.57 Å². The lowest BCUT2D eigenvalue weighted by Gasteiger charge is -2.19. The zero-order chi connectivity index (χ0) is 24.1. The summed E-state index contributed by atoms with van der Waals surface area (Å²) in [5.41, 5.74) is 1.20. The van der Waals surface area contributed by atoms with Crippen LogP contribution in [0.1, 0.15) is 12.5 Å². The van der Waals surface area contributed by atoms with E-state index in [1.807, 2.05) is 55.5 Å². The maximum absolute atomic E-state index is 13.1. The lowest BCUT2D eigenvalue weighted by Crippen LogP contribution is -2.07. The highest BCUT2D eigenvalue weighted by atomic mass is 31.2. The van der Waals surface area contributed by atoms with Crippen LogP contribution in [-0.2, 0) is 4.57 Å². The Balaban J connectivity index is 0.000000248. The largest absolute Gasteiger partial charge is 0.647 e. The van der Waals surface area contributed by atoms with E-state index in [1.54, 1.807) is 79.9 Å². The smallest absolute Gasteiger partial charge is 0.497 e. The molecule has 0 heterocycles. The van der Waals surface area contributed by atoms with Crippen molar-refractivity contribution >= 4 is 13.9 Å². The van der Waals surface area contributed by atoms with E-state index in [0.717, 1.165) is 5.75 Å². The molecule has 0 N–H and O–H groups in total. The fourth-order valence-electron chi connectivity index (χ4n) is 2.79. The minimum absolute atomic E-state index is 0.405. The molecule has 6 heteroatoms. The van der Waals surface area contributed by atoms with Gasteiger partial charge in [-0.15, -0.1) is 0 Å². The molecule has 0 fully saturated rings. The fourth-order valence-corrected chi connectivity index (χ4v) is 4.05. The van der Waals surface area contributed by atoms with Crippen molar-refractivity contribution < 1.29 is 22.9 Å². The molecule has 34 heavy (non-hydrogen) atoms. The van der Waals surface area contributed by atoms with Crippen LogP contribution in [0.15, 0.2) is 121 Å². The molecule has 0 amide bonds. The van der Waals surface area contributed by atoms with Crippen LogP contribution >= 0.6 is 7.82 Å². The highest BCUT2D eigenvalue weighted by Gasteiger charge is 2.33. The van der Waals surface area contributed by atoms with Gasteiger partial charge in [-0.05, 0) is 61.0 Å². The summed E-state index contributed by atoms with van der Waals surface area (Å²) in [6, 6.07) is 34.3. The summed E-state index contributed by atoms with van der Waals surface area (Å²) < 4.78 is 34.6. The Morgan fingerprint density at radius 3 is 1.26 bits per heavy atom. The van der Waals surface area contributed by atoms with E-state index >= 15 is 0 Å². The SMILES string of the molecule is C/C=C/c1ccc(OC)cc1.O=P(Oc1ccccc1)(Oc1ccccc1)Oc1ccccc1. The second-order valence-corrected chi connectivity index (χ2v) is 8.38. The summed E-state index contributed by atoms with van der Waals surface area (Å²) >= 11 is 0. The average molecular weight is 474 g/mol. The van der Waals surface area contributed by atoms with Crippen molar-refractivity contribution in [1.82, 2.24) is 0 Å². The van der Waals surface area contributed by atoms with E-state index in [4.69, 9.17) is 18.3 Å². The number of rotatable bonds is 8. The first-order valence-corrected chi connectivity index (χ1v) is 12.2. The Kier molecular flexibility index (Phi) is 9.39. The van der Waals surface area contributed by atoms with Crippen molar-refractivity contribution in [3.05, 3.63) is 127 Å². The molecule has 0 spiro atoms. The summed E-state index contributed by atoms with van der Waals surface area (Å²) in [5, 5.41) is 0. The Bertz CT molecular complexity index is 1070. The van der Waals surface area contributed by atoms with Crippen LogP contribution < -0.4 is 18.3 Å². The molecule has 0 aliphatic heterocycles. The Morgan fingerprint density at radius 2 is 0.941 bits per heavy atom. The number of ether oxygens (including phenoxy) is 1. The summed E-state index contributed by atoms with van der Waals surface area (Å²) in [6.07, 6.45) is 4.07. The molecule has 0 atom stereocenters. The lowest BCUT2D eigenvalue weighted by atomic mass is 10.2. The molecule has 0 radical (unpaired) electrons. The lowest BCUT2D eigenvalue weighted by molar-refractivity contribution is 0.298. The second kappa shape index (κ2) is 12.9. The zero-order valence-corrected chi connectivity index (χ0v) is 20.0. The summed E-state index contributed by atoms with van der Waals surface area (Å²) in [4.78, 5) is 0. The number of phosphoric ester groups is 1. The predicted octanol–water partition coefficient (Wildman–Crippen LogP) is 8.06. The van der Waals surface area contributed by atoms with Gasteiger partial charge in [-0.3, -0.25) is 0 Å². The molecule has 0 saturated heterocycles. The van der Waals surface area contributed by atoms with Gasteiger partial charge in [-0.25, -0.2) is 0 Å². The van der Waals surface area contributed by atoms with Crippen LogP contribution in [0.2, 0.25) is 0 Å². The van der Waals surface area contributed by atoms with Gasteiger partial charge in [0.2, 0.25) is 0 Å². The Labute approximate surface area is 200 Å². The minimum atomic E-state index is -3.89. The maximum Gasteiger partial charge on any atom is 0.647 e. The summed E-state index contributed by atoms with van der Waals surface area (Å²) in [7, 11) is -2.21. The Morgan fingerprint density at radius 1 is 0.559 bits per heavy atom. The number of para-hydroxylation sites is 3. The third-order valence-corrected chi connectivity index (χ3v) is 5.66. The van der Waals surface area contributed by atoms with Crippen molar-refractivity contribution in [2.45, 2.75) is 6.92 Å². The minimum Gasteiger partial charge on any atom is -0.497 e. The van der Waals surface area contributed by atoms with Gasteiger partial charge in [0.05, 0.1) is 7.11 Å². The van der Waals surface area contributed by atoms with Gasteiger partial charge in [0.25, 0.3) is 0 Å². The summed E-state index contributed by atoms with van der Waals surface area (Å²) in [5.74, 6) is 2.12. The van der Waals surface area contributed by atoms with Gasteiger partial charge in [-0.1, -0.05) is 78.9 Å². The molecule has 0 saturated carbocycles. The molecular weight excluding hydrogens is 447 g/mol. The standard InChI is InChI=1S/C18H15O4P.C10H12O/c19-23(20-16-10-4-1-5-11-16,21-17-12-6-2-7-13-17)22-18-14-8-3-9-15-18;1-3-4-9-5-7-10(11-2)8-6-9/h1-15H;3-8H,1-2H3/b;4-3+. The van der Waals surface area contributed by atoms with Crippen LogP contribution in [0, 0.1) is 0 Å². The third-order valence-electron chi connectivity index (χ3n) is 4.36. The van der Waals surface area contributed by atoms with Gasteiger partial charge in [0.15, 0.2) is 0 Å². The number of hydrogen-bond acceptors (Lipinski definition) is 5. The Hall–Kier alpha value is -3.95. The molecule has 4 aromatic carbocycles. The van der Waals surface area contributed by atoms with Crippen LogP contribution in [-0.4, -0.2) is 7.11 Å². The molecule has 0 aliphatic rings. The van der Waals surface area contributed by atoms with Gasteiger partial charge < -0.3 is 18.3 Å². The van der Waals surface area contributed by atoms with Crippen LogP contribution in [0.5, 0.6) is 23.0 Å². The molecule has 0 unspecified atom stereocenters. The quantitative estimate of drug-likeness (QED) is 0.242. The van der Waals surface area contributed by atoms with Crippen LogP contribution in [0.3, 0.4) is 0 Å². The van der Waals surface area contributed by atoms with Gasteiger partial charge in [0, 0.05) is 0 Å². The normalized spacial score (nSPS) is 10.6. The predicted molar refractivity (Wildman–Crippen MR) is 137 cm³/mol. The monoisotopic (exact) mass is 474 g/mol. The van der Waals surface area contributed by atoms with E-state index in [1.165, 1.54) is 5.56 Å². The van der Waals surface area contributed by atoms with Crippen molar-refractivity contribution in [3.8, 4) is 23.0 Å². The number of allylic oxidation sites excluding steroid dienone is 1. The third kappa shape index (κ3) is 8.19. The van der Waals surface area contributed by atoms with Crippen LogP contribution in [0.25, 0.3) is 6.08 Å². The van der Waals surface area contributed by atoms with Gasteiger partial charge in [0.1, 0.15) is 23.0 Å². The van der Waals surface area contributed by atoms with Crippen molar-refractivity contribution in [1.29, 1.82) is 0 Å². The van der Waals surface area contributed by atoms with Crippen molar-refractivity contribution in [2.24, 2.45) is 0 Å².